The number of rotatable bonds is 6. The van der Waals surface area contributed by atoms with E-state index in [0.717, 1.165) is 5.75 Å². The summed E-state index contributed by atoms with van der Waals surface area (Å²) < 4.78 is 9.83. The predicted octanol–water partition coefficient (Wildman–Crippen LogP) is 0.158. The molecule has 0 bridgehead atoms. The Balaban J connectivity index is 2.36. The number of amides is 1. The van der Waals surface area contributed by atoms with Crippen LogP contribution in [0.15, 0.2) is 10.6 Å². The summed E-state index contributed by atoms with van der Waals surface area (Å²) in [4.78, 5) is 11.0. The zero-order valence-corrected chi connectivity index (χ0v) is 9.17. The number of methoxy groups -OCH3 is 1. The monoisotopic (exact) mass is 231 g/mol. The highest BCUT2D eigenvalue weighted by Gasteiger charge is 2.10. The highest BCUT2D eigenvalue weighted by Crippen LogP contribution is 2.12. The first-order chi connectivity index (χ1) is 7.27. The summed E-state index contributed by atoms with van der Waals surface area (Å²) in [5.41, 5.74) is 2.18. The van der Waals surface area contributed by atoms with Crippen LogP contribution in [0, 0.1) is 0 Å². The summed E-state index contributed by atoms with van der Waals surface area (Å²) in [5, 5.41) is 3.57. The van der Waals surface area contributed by atoms with Crippen LogP contribution in [0.2, 0.25) is 0 Å². The van der Waals surface area contributed by atoms with Gasteiger partial charge in [-0.05, 0) is 0 Å². The van der Waals surface area contributed by atoms with Gasteiger partial charge in [0.15, 0.2) is 5.69 Å². The van der Waals surface area contributed by atoms with Crippen molar-refractivity contribution < 1.29 is 14.1 Å². The number of hydrazine groups is 1. The second-order valence-corrected chi connectivity index (χ2v) is 3.80. The van der Waals surface area contributed by atoms with E-state index in [1.54, 1.807) is 24.9 Å². The minimum Gasteiger partial charge on any atom is -0.384 e. The number of nitrogens with two attached hydrogens (primary N) is 1. The van der Waals surface area contributed by atoms with Gasteiger partial charge in [-0.15, -0.1) is 0 Å². The molecule has 0 fully saturated rings. The Morgan fingerprint density at radius 2 is 2.60 bits per heavy atom. The normalized spacial score (nSPS) is 10.3. The average Bonchev–Trinajstić information content (AvgIpc) is 2.72. The number of nitrogens with zero attached hydrogens (tertiary/aromatic N) is 1. The Labute approximate surface area is 91.5 Å². The molecule has 84 valence electrons. The van der Waals surface area contributed by atoms with E-state index in [9.17, 15) is 4.79 Å². The fourth-order valence-electron chi connectivity index (χ4n) is 0.877. The number of ether oxygens (including phenoxy) is 1. The van der Waals surface area contributed by atoms with Gasteiger partial charge in [0, 0.05) is 18.9 Å². The zero-order chi connectivity index (χ0) is 11.1. The van der Waals surface area contributed by atoms with Gasteiger partial charge < -0.3 is 9.26 Å². The molecule has 0 atom stereocenters. The molecule has 0 unspecified atom stereocenters. The maximum absolute atomic E-state index is 11.0. The molecular weight excluding hydrogens is 218 g/mol. The fourth-order valence-corrected chi connectivity index (χ4v) is 1.64. The Morgan fingerprint density at radius 3 is 3.27 bits per heavy atom. The van der Waals surface area contributed by atoms with E-state index < -0.39 is 5.91 Å². The van der Waals surface area contributed by atoms with Crippen LogP contribution in [0.5, 0.6) is 0 Å². The van der Waals surface area contributed by atoms with Crippen molar-refractivity contribution in [2.45, 2.75) is 5.75 Å². The number of nitrogens with one attached hydrogen (secondary N) is 1. The van der Waals surface area contributed by atoms with Crippen molar-refractivity contribution in [2.75, 3.05) is 19.5 Å². The number of hydrogen-bond acceptors (Lipinski definition) is 6. The van der Waals surface area contributed by atoms with Crippen molar-refractivity contribution in [3.8, 4) is 0 Å². The first-order valence-corrected chi connectivity index (χ1v) is 5.46. The van der Waals surface area contributed by atoms with Crippen molar-refractivity contribution in [1.29, 1.82) is 0 Å². The highest BCUT2D eigenvalue weighted by atomic mass is 32.2. The Bertz CT molecular complexity index is 316. The van der Waals surface area contributed by atoms with E-state index >= 15 is 0 Å². The molecule has 0 radical (unpaired) electrons. The molecule has 1 aromatic heterocycles. The summed E-state index contributed by atoms with van der Waals surface area (Å²) in [6.07, 6.45) is 0. The maximum Gasteiger partial charge on any atom is 0.287 e. The number of thioether (sulfide) groups is 1. The quantitative estimate of drug-likeness (QED) is 0.313. The number of hydrogen-bond donors (Lipinski definition) is 2. The van der Waals surface area contributed by atoms with Gasteiger partial charge in [0.1, 0.15) is 5.76 Å². The number of nitrogen functional groups attached to an aromatic ring is 1. The third kappa shape index (κ3) is 3.90. The standard InChI is InChI=1S/C8H13N3O3S/c1-13-2-3-15-5-6-4-7(11-14-6)8(12)10-9/h4H,2-3,5,9H2,1H3,(H,10,12). The Kier molecular flexibility index (Phi) is 5.16. The lowest BCUT2D eigenvalue weighted by Crippen LogP contribution is -2.30. The van der Waals surface area contributed by atoms with E-state index in [2.05, 4.69) is 5.16 Å². The van der Waals surface area contributed by atoms with Crippen molar-refractivity contribution in [1.82, 2.24) is 10.6 Å². The lowest BCUT2D eigenvalue weighted by Gasteiger charge is -1.96. The van der Waals surface area contributed by atoms with Gasteiger partial charge in [-0.25, -0.2) is 5.84 Å². The first-order valence-electron chi connectivity index (χ1n) is 4.31. The van der Waals surface area contributed by atoms with Crippen LogP contribution in [0.25, 0.3) is 0 Å². The van der Waals surface area contributed by atoms with Crippen LogP contribution >= 0.6 is 11.8 Å². The van der Waals surface area contributed by atoms with E-state index in [1.165, 1.54) is 0 Å². The van der Waals surface area contributed by atoms with Crippen molar-refractivity contribution in [3.05, 3.63) is 17.5 Å². The molecule has 0 aliphatic carbocycles. The summed E-state index contributed by atoms with van der Waals surface area (Å²) in [6, 6.07) is 1.57. The molecule has 0 aliphatic rings. The van der Waals surface area contributed by atoms with Gasteiger partial charge in [0.05, 0.1) is 12.4 Å². The predicted molar refractivity (Wildman–Crippen MR) is 56.2 cm³/mol. The van der Waals surface area contributed by atoms with E-state index in [1.807, 2.05) is 5.43 Å². The van der Waals surface area contributed by atoms with Crippen LogP contribution in [0.1, 0.15) is 16.2 Å². The molecule has 0 saturated carbocycles. The number of carbonyl (C=O) groups is 1. The van der Waals surface area contributed by atoms with E-state index in [-0.39, 0.29) is 5.69 Å². The van der Waals surface area contributed by atoms with Crippen LogP contribution in [-0.2, 0) is 10.5 Å². The number of aromatic nitrogens is 1. The second-order valence-electron chi connectivity index (χ2n) is 2.70. The minimum absolute atomic E-state index is 0.194. The smallest absolute Gasteiger partial charge is 0.287 e. The van der Waals surface area contributed by atoms with Crippen LogP contribution < -0.4 is 11.3 Å². The largest absolute Gasteiger partial charge is 0.384 e. The third-order valence-corrected chi connectivity index (χ3v) is 2.54. The summed E-state index contributed by atoms with van der Waals surface area (Å²) in [6.45, 7) is 0.689. The van der Waals surface area contributed by atoms with Crippen molar-refractivity contribution in [2.24, 2.45) is 5.84 Å². The van der Waals surface area contributed by atoms with Crippen molar-refractivity contribution >= 4 is 17.7 Å². The van der Waals surface area contributed by atoms with Crippen LogP contribution in [0.4, 0.5) is 0 Å². The first kappa shape index (κ1) is 12.0. The van der Waals surface area contributed by atoms with Gasteiger partial charge in [-0.3, -0.25) is 10.2 Å². The molecule has 3 N–H and O–H groups in total. The molecular formula is C8H13N3O3S. The summed E-state index contributed by atoms with van der Waals surface area (Å²) >= 11 is 1.64. The second kappa shape index (κ2) is 6.44. The summed E-state index contributed by atoms with van der Waals surface area (Å²) in [5.74, 6) is 6.68. The maximum atomic E-state index is 11.0. The third-order valence-electron chi connectivity index (χ3n) is 1.60. The fraction of sp³-hybridized carbons (Fsp3) is 0.500. The molecule has 1 rings (SSSR count). The van der Waals surface area contributed by atoms with Gasteiger partial charge in [0.2, 0.25) is 0 Å². The number of carbonyl (C=O) groups excluding carboxylic acids is 1. The van der Waals surface area contributed by atoms with Gasteiger partial charge in [0.25, 0.3) is 5.91 Å². The zero-order valence-electron chi connectivity index (χ0n) is 8.36. The molecule has 1 aromatic rings. The minimum atomic E-state index is -0.452. The lowest BCUT2D eigenvalue weighted by molar-refractivity contribution is 0.0944. The van der Waals surface area contributed by atoms with Crippen LogP contribution in [0.3, 0.4) is 0 Å². The van der Waals surface area contributed by atoms with Gasteiger partial charge in [-0.1, -0.05) is 5.16 Å². The topological polar surface area (TPSA) is 90.4 Å². The molecule has 7 heteroatoms. The molecule has 1 heterocycles. The lowest BCUT2D eigenvalue weighted by atomic mass is 10.4. The van der Waals surface area contributed by atoms with Gasteiger partial charge >= 0.3 is 0 Å². The molecule has 0 spiro atoms. The molecule has 0 aromatic carbocycles. The Hall–Kier alpha value is -1.05. The summed E-state index contributed by atoms with van der Waals surface area (Å²) in [7, 11) is 1.65. The van der Waals surface area contributed by atoms with Gasteiger partial charge in [-0.2, -0.15) is 11.8 Å². The highest BCUT2D eigenvalue weighted by molar-refractivity contribution is 7.98. The average molecular weight is 231 g/mol. The van der Waals surface area contributed by atoms with E-state index in [0.29, 0.717) is 18.1 Å². The molecule has 15 heavy (non-hydrogen) atoms. The SMILES string of the molecule is COCCSCc1cc(C(=O)NN)no1. The van der Waals surface area contributed by atoms with Crippen molar-refractivity contribution in [3.63, 3.8) is 0 Å². The molecule has 0 saturated heterocycles. The molecule has 1 amide bonds. The molecule has 6 nitrogen and oxygen atoms in total. The van der Waals surface area contributed by atoms with E-state index in [4.69, 9.17) is 15.1 Å². The van der Waals surface area contributed by atoms with Crippen LogP contribution in [-0.4, -0.2) is 30.5 Å². The Morgan fingerprint density at radius 1 is 1.80 bits per heavy atom. The molecule has 0 aliphatic heterocycles.